The van der Waals surface area contributed by atoms with Crippen molar-refractivity contribution in [2.24, 2.45) is 0 Å². The van der Waals surface area contributed by atoms with E-state index >= 15 is 0 Å². The number of anilines is 1. The van der Waals surface area contributed by atoms with Gasteiger partial charge in [0.15, 0.2) is 0 Å². The summed E-state index contributed by atoms with van der Waals surface area (Å²) in [6.07, 6.45) is 0.638. The standard InChI is InChI=1S/C31H27NO4S2/c1-4-36-31(34)27-25(21-13-15-22(35-3)16-14-21)18-37-30(27)32-29(33)28-24(17-20-11-9-19(2)10-12-20)23-7-5-6-8-26(23)38-28/h5-16,18H,4,17H2,1-3H3,(H,32,33). The lowest BCUT2D eigenvalue weighted by molar-refractivity contribution is 0.0529. The van der Waals surface area contributed by atoms with E-state index in [0.29, 0.717) is 27.4 Å². The molecule has 5 rings (SSSR count). The quantitative estimate of drug-likeness (QED) is 0.202. The average molecular weight is 542 g/mol. The molecule has 0 aliphatic carbocycles. The van der Waals surface area contributed by atoms with Crippen molar-refractivity contribution in [3.8, 4) is 16.9 Å². The van der Waals surface area contributed by atoms with Crippen LogP contribution in [0.4, 0.5) is 5.00 Å². The summed E-state index contributed by atoms with van der Waals surface area (Å²) in [6, 6.07) is 23.9. The van der Waals surface area contributed by atoms with Gasteiger partial charge in [-0.3, -0.25) is 4.79 Å². The van der Waals surface area contributed by atoms with Crippen LogP contribution in [-0.4, -0.2) is 25.6 Å². The fourth-order valence-corrected chi connectivity index (χ4v) is 6.44. The monoisotopic (exact) mass is 541 g/mol. The lowest BCUT2D eigenvalue weighted by Gasteiger charge is -2.10. The van der Waals surface area contributed by atoms with Crippen molar-refractivity contribution in [1.29, 1.82) is 0 Å². The van der Waals surface area contributed by atoms with Gasteiger partial charge in [-0.2, -0.15) is 0 Å². The highest BCUT2D eigenvalue weighted by atomic mass is 32.1. The van der Waals surface area contributed by atoms with Gasteiger partial charge in [0.25, 0.3) is 5.91 Å². The van der Waals surface area contributed by atoms with Crippen molar-refractivity contribution in [3.63, 3.8) is 0 Å². The molecule has 7 heteroatoms. The van der Waals surface area contributed by atoms with E-state index in [2.05, 4.69) is 42.6 Å². The molecule has 1 N–H and O–H groups in total. The molecule has 2 heterocycles. The zero-order valence-corrected chi connectivity index (χ0v) is 23.0. The van der Waals surface area contributed by atoms with Gasteiger partial charge in [-0.05, 0) is 60.5 Å². The van der Waals surface area contributed by atoms with Gasteiger partial charge in [-0.15, -0.1) is 22.7 Å². The Labute approximate surface area is 229 Å². The first kappa shape index (κ1) is 25.7. The molecule has 1 amide bonds. The Balaban J connectivity index is 1.52. The summed E-state index contributed by atoms with van der Waals surface area (Å²) in [5.41, 5.74) is 5.22. The molecule has 0 saturated carbocycles. The van der Waals surface area contributed by atoms with Crippen LogP contribution in [0.3, 0.4) is 0 Å². The van der Waals surface area contributed by atoms with Crippen LogP contribution < -0.4 is 10.1 Å². The summed E-state index contributed by atoms with van der Waals surface area (Å²) in [6.45, 7) is 4.07. The number of methoxy groups -OCH3 is 1. The summed E-state index contributed by atoms with van der Waals surface area (Å²) in [4.78, 5) is 27.4. The second-order valence-electron chi connectivity index (χ2n) is 8.82. The largest absolute Gasteiger partial charge is 0.497 e. The minimum Gasteiger partial charge on any atom is -0.497 e. The summed E-state index contributed by atoms with van der Waals surface area (Å²) in [5, 5.41) is 6.46. The molecule has 0 aliphatic rings. The van der Waals surface area contributed by atoms with Gasteiger partial charge < -0.3 is 14.8 Å². The molecule has 0 spiro atoms. The lowest BCUT2D eigenvalue weighted by atomic mass is 10.0. The van der Waals surface area contributed by atoms with E-state index in [1.807, 2.05) is 47.8 Å². The Morgan fingerprint density at radius 2 is 1.68 bits per heavy atom. The molecule has 5 nitrogen and oxygen atoms in total. The van der Waals surface area contributed by atoms with Crippen molar-refractivity contribution in [1.82, 2.24) is 0 Å². The third-order valence-corrected chi connectivity index (χ3v) is 8.41. The molecule has 2 aromatic heterocycles. The maximum atomic E-state index is 13.7. The van der Waals surface area contributed by atoms with Crippen LogP contribution in [0.5, 0.6) is 5.75 Å². The van der Waals surface area contributed by atoms with Gasteiger partial charge >= 0.3 is 5.97 Å². The number of esters is 1. The van der Waals surface area contributed by atoms with Crippen molar-refractivity contribution in [2.45, 2.75) is 20.3 Å². The number of hydrogen-bond donors (Lipinski definition) is 1. The van der Waals surface area contributed by atoms with Crippen LogP contribution in [-0.2, 0) is 11.2 Å². The number of carbonyl (C=O) groups excluding carboxylic acids is 2. The number of benzene rings is 3. The van der Waals surface area contributed by atoms with Gasteiger partial charge in [-0.25, -0.2) is 4.79 Å². The van der Waals surface area contributed by atoms with Crippen molar-refractivity contribution < 1.29 is 19.1 Å². The zero-order chi connectivity index (χ0) is 26.6. The van der Waals surface area contributed by atoms with E-state index in [0.717, 1.165) is 32.5 Å². The van der Waals surface area contributed by atoms with E-state index in [4.69, 9.17) is 9.47 Å². The number of thiophene rings is 2. The van der Waals surface area contributed by atoms with Gasteiger partial charge in [0.2, 0.25) is 0 Å². The molecule has 5 aromatic rings. The highest BCUT2D eigenvalue weighted by molar-refractivity contribution is 7.21. The van der Waals surface area contributed by atoms with Crippen LogP contribution in [0.1, 0.15) is 43.6 Å². The van der Waals surface area contributed by atoms with Gasteiger partial charge in [0.05, 0.1) is 18.6 Å². The van der Waals surface area contributed by atoms with Crippen molar-refractivity contribution >= 4 is 49.6 Å². The zero-order valence-electron chi connectivity index (χ0n) is 21.4. The first-order valence-corrected chi connectivity index (χ1v) is 14.0. The molecule has 0 bridgehead atoms. The first-order chi connectivity index (χ1) is 18.5. The maximum absolute atomic E-state index is 13.7. The normalized spacial score (nSPS) is 10.9. The molecule has 192 valence electrons. The van der Waals surface area contributed by atoms with E-state index in [-0.39, 0.29) is 12.5 Å². The van der Waals surface area contributed by atoms with Gasteiger partial charge in [0.1, 0.15) is 16.3 Å². The van der Waals surface area contributed by atoms with Crippen LogP contribution in [0.25, 0.3) is 21.2 Å². The molecule has 38 heavy (non-hydrogen) atoms. The Hall–Kier alpha value is -3.94. The third kappa shape index (κ3) is 5.21. The number of rotatable bonds is 8. The summed E-state index contributed by atoms with van der Waals surface area (Å²) < 4.78 is 11.7. The molecule has 0 unspecified atom stereocenters. The number of amides is 1. The number of hydrogen-bond acceptors (Lipinski definition) is 6. The van der Waals surface area contributed by atoms with Crippen LogP contribution in [0.15, 0.2) is 78.2 Å². The Bertz CT molecular complexity index is 1600. The maximum Gasteiger partial charge on any atom is 0.341 e. The van der Waals surface area contributed by atoms with Crippen LogP contribution >= 0.6 is 22.7 Å². The summed E-state index contributed by atoms with van der Waals surface area (Å²) >= 11 is 2.79. The van der Waals surface area contributed by atoms with E-state index in [1.165, 1.54) is 28.2 Å². The second kappa shape index (κ2) is 11.2. The molecular weight excluding hydrogens is 514 g/mol. The van der Waals surface area contributed by atoms with Crippen LogP contribution in [0, 0.1) is 6.92 Å². The molecule has 0 aliphatic heterocycles. The summed E-state index contributed by atoms with van der Waals surface area (Å²) in [5.74, 6) is 0.0223. The van der Waals surface area contributed by atoms with Crippen molar-refractivity contribution in [3.05, 3.63) is 105 Å². The topological polar surface area (TPSA) is 64.6 Å². The minimum absolute atomic E-state index is 0.234. The van der Waals surface area contributed by atoms with Gasteiger partial charge in [0, 0.05) is 15.6 Å². The number of fused-ring (bicyclic) bond motifs is 1. The smallest absolute Gasteiger partial charge is 0.341 e. The fourth-order valence-electron chi connectivity index (χ4n) is 4.37. The molecule has 0 saturated heterocycles. The van der Waals surface area contributed by atoms with E-state index in [9.17, 15) is 9.59 Å². The first-order valence-electron chi connectivity index (χ1n) is 12.3. The molecule has 3 aromatic carbocycles. The SMILES string of the molecule is CCOC(=O)c1c(-c2ccc(OC)cc2)csc1NC(=O)c1sc2ccccc2c1Cc1ccc(C)cc1. The summed E-state index contributed by atoms with van der Waals surface area (Å²) in [7, 11) is 1.61. The van der Waals surface area contributed by atoms with E-state index in [1.54, 1.807) is 14.0 Å². The molecule has 0 fully saturated rings. The minimum atomic E-state index is -0.467. The Morgan fingerprint density at radius 1 is 0.947 bits per heavy atom. The molecular formula is C31H27NO4S2. The average Bonchev–Trinajstić information content (AvgIpc) is 3.52. The lowest BCUT2D eigenvalue weighted by Crippen LogP contribution is -2.15. The predicted molar refractivity (Wildman–Crippen MR) is 156 cm³/mol. The number of nitrogens with one attached hydrogen (secondary N) is 1. The Morgan fingerprint density at radius 3 is 2.39 bits per heavy atom. The van der Waals surface area contributed by atoms with Crippen LogP contribution in [0.2, 0.25) is 0 Å². The molecule has 0 radical (unpaired) electrons. The Kier molecular flexibility index (Phi) is 7.58. The van der Waals surface area contributed by atoms with Gasteiger partial charge in [-0.1, -0.05) is 60.2 Å². The van der Waals surface area contributed by atoms with E-state index < -0.39 is 5.97 Å². The fraction of sp³-hybridized carbons (Fsp3) is 0.161. The van der Waals surface area contributed by atoms with Crippen molar-refractivity contribution in [2.75, 3.05) is 19.0 Å². The predicted octanol–water partition coefficient (Wildman–Crippen LogP) is 7.97. The number of ether oxygens (including phenoxy) is 2. The molecule has 0 atom stereocenters. The highest BCUT2D eigenvalue weighted by Crippen LogP contribution is 2.39. The second-order valence-corrected chi connectivity index (χ2v) is 10.8. The number of aryl methyl sites for hydroxylation is 1. The highest BCUT2D eigenvalue weighted by Gasteiger charge is 2.25. The number of carbonyl (C=O) groups is 2. The third-order valence-electron chi connectivity index (χ3n) is 6.30.